The first-order chi connectivity index (χ1) is 9.88. The molecule has 9 N–H and O–H groups in total. The number of H-pyrrole nitrogens is 1. The molecule has 0 aliphatic carbocycles. The average molecular weight is 301 g/mol. The maximum atomic E-state index is 10.3. The Morgan fingerprint density at radius 1 is 1.19 bits per heavy atom. The standard InChI is InChI=1S/C6H9N3O2.C6H14N2O2/c7-5(6(10)11)1-4-2-8-3-9-4;7-4-2-1-3-5(8)6(9)10/h2-3,5H,1,7H2,(H,8,9)(H,10,11);5H,1-4,7-8H2,(H,9,10). The number of hydrogen-bond donors (Lipinski definition) is 6. The average Bonchev–Trinajstić information content (AvgIpc) is 2.92. The maximum Gasteiger partial charge on any atom is 0.320 e. The molecule has 120 valence electrons. The van der Waals surface area contributed by atoms with Crippen molar-refractivity contribution >= 4 is 11.9 Å². The number of rotatable bonds is 8. The van der Waals surface area contributed by atoms with E-state index in [0.29, 0.717) is 18.7 Å². The fraction of sp³-hybridized carbons (Fsp3) is 0.583. The number of nitrogens with one attached hydrogen (secondary N) is 1. The highest BCUT2D eigenvalue weighted by atomic mass is 16.4. The number of carbonyl (C=O) groups is 2. The molecule has 0 aliphatic heterocycles. The molecule has 0 amide bonds. The third-order valence-corrected chi connectivity index (χ3v) is 2.59. The number of carboxylic acids is 2. The summed E-state index contributed by atoms with van der Waals surface area (Å²) in [6, 6.07) is -1.58. The number of aromatic amines is 1. The normalized spacial score (nSPS) is 12.9. The summed E-state index contributed by atoms with van der Waals surface area (Å²) in [6.45, 7) is 0.604. The van der Waals surface area contributed by atoms with Crippen LogP contribution < -0.4 is 17.2 Å². The van der Waals surface area contributed by atoms with Gasteiger partial charge in [0.2, 0.25) is 0 Å². The van der Waals surface area contributed by atoms with Gasteiger partial charge in [-0.2, -0.15) is 0 Å². The highest BCUT2D eigenvalue weighted by Crippen LogP contribution is 1.97. The first kappa shape index (κ1) is 19.0. The molecule has 0 saturated carbocycles. The van der Waals surface area contributed by atoms with E-state index in [2.05, 4.69) is 9.97 Å². The van der Waals surface area contributed by atoms with Crippen LogP contribution in [0.3, 0.4) is 0 Å². The molecule has 21 heavy (non-hydrogen) atoms. The van der Waals surface area contributed by atoms with Crippen molar-refractivity contribution in [3.8, 4) is 0 Å². The van der Waals surface area contributed by atoms with Crippen LogP contribution >= 0.6 is 0 Å². The number of imidazole rings is 1. The van der Waals surface area contributed by atoms with Crippen molar-refractivity contribution in [3.05, 3.63) is 18.2 Å². The Morgan fingerprint density at radius 3 is 2.24 bits per heavy atom. The molecule has 2 unspecified atom stereocenters. The summed E-state index contributed by atoms with van der Waals surface area (Å²) in [7, 11) is 0. The van der Waals surface area contributed by atoms with Gasteiger partial charge in [0.15, 0.2) is 0 Å². The smallest absolute Gasteiger partial charge is 0.320 e. The van der Waals surface area contributed by atoms with Crippen LogP contribution in [-0.2, 0) is 16.0 Å². The third-order valence-electron chi connectivity index (χ3n) is 2.59. The molecular formula is C12H23N5O4. The van der Waals surface area contributed by atoms with Gasteiger partial charge in [0, 0.05) is 12.6 Å². The van der Waals surface area contributed by atoms with Crippen LogP contribution in [0.1, 0.15) is 25.0 Å². The first-order valence-corrected chi connectivity index (χ1v) is 6.53. The molecule has 0 fully saturated rings. The van der Waals surface area contributed by atoms with E-state index in [1.165, 1.54) is 6.33 Å². The zero-order valence-electron chi connectivity index (χ0n) is 11.7. The monoisotopic (exact) mass is 301 g/mol. The third kappa shape index (κ3) is 9.55. The molecule has 0 spiro atoms. The zero-order chi connectivity index (χ0) is 16.3. The molecule has 2 atom stereocenters. The lowest BCUT2D eigenvalue weighted by Crippen LogP contribution is -2.32. The Balaban J connectivity index is 0.000000384. The number of carboxylic acid groups (broad SMARTS) is 2. The van der Waals surface area contributed by atoms with Crippen LogP contribution in [0.15, 0.2) is 12.5 Å². The fourth-order valence-corrected chi connectivity index (χ4v) is 1.35. The molecular weight excluding hydrogens is 278 g/mol. The van der Waals surface area contributed by atoms with E-state index in [4.69, 9.17) is 27.4 Å². The topological polar surface area (TPSA) is 181 Å². The lowest BCUT2D eigenvalue weighted by atomic mass is 10.1. The molecule has 0 saturated heterocycles. The van der Waals surface area contributed by atoms with Crippen molar-refractivity contribution in [1.82, 2.24) is 9.97 Å². The van der Waals surface area contributed by atoms with Crippen molar-refractivity contribution in [3.63, 3.8) is 0 Å². The predicted molar refractivity (Wildman–Crippen MR) is 76.4 cm³/mol. The second kappa shape index (κ2) is 10.8. The Labute approximate surface area is 122 Å². The summed E-state index contributed by atoms with van der Waals surface area (Å²) in [5, 5.41) is 16.7. The molecule has 9 heteroatoms. The molecule has 1 rings (SSSR count). The molecule has 1 aromatic heterocycles. The van der Waals surface area contributed by atoms with E-state index in [-0.39, 0.29) is 6.42 Å². The van der Waals surface area contributed by atoms with E-state index in [1.807, 2.05) is 0 Å². The van der Waals surface area contributed by atoms with Crippen molar-refractivity contribution in [2.24, 2.45) is 17.2 Å². The van der Waals surface area contributed by atoms with Gasteiger partial charge >= 0.3 is 11.9 Å². The molecule has 1 aromatic rings. The van der Waals surface area contributed by atoms with Crippen LogP contribution in [0, 0.1) is 0 Å². The van der Waals surface area contributed by atoms with E-state index >= 15 is 0 Å². The lowest BCUT2D eigenvalue weighted by molar-refractivity contribution is -0.139. The van der Waals surface area contributed by atoms with Crippen LogP contribution in [0.2, 0.25) is 0 Å². The van der Waals surface area contributed by atoms with E-state index in [0.717, 1.165) is 12.8 Å². The minimum atomic E-state index is -1.01. The Bertz CT molecular complexity index is 410. The van der Waals surface area contributed by atoms with Gasteiger partial charge in [-0.25, -0.2) is 4.98 Å². The van der Waals surface area contributed by atoms with Crippen molar-refractivity contribution in [2.75, 3.05) is 6.54 Å². The predicted octanol–water partition coefficient (Wildman–Crippen LogP) is -1.11. The molecule has 0 aliphatic rings. The molecule has 0 aromatic carbocycles. The minimum Gasteiger partial charge on any atom is -0.480 e. The van der Waals surface area contributed by atoms with Crippen LogP contribution in [0.25, 0.3) is 0 Å². The maximum absolute atomic E-state index is 10.3. The second-order valence-electron chi connectivity index (χ2n) is 4.44. The number of hydrogen-bond acceptors (Lipinski definition) is 6. The molecule has 1 heterocycles. The fourth-order valence-electron chi connectivity index (χ4n) is 1.35. The van der Waals surface area contributed by atoms with Gasteiger partial charge in [-0.1, -0.05) is 6.42 Å². The molecule has 0 radical (unpaired) electrons. The quantitative estimate of drug-likeness (QED) is 0.327. The van der Waals surface area contributed by atoms with Gasteiger partial charge in [-0.05, 0) is 19.4 Å². The van der Waals surface area contributed by atoms with Crippen molar-refractivity contribution in [1.29, 1.82) is 0 Å². The first-order valence-electron chi connectivity index (χ1n) is 6.53. The van der Waals surface area contributed by atoms with Gasteiger partial charge in [0.1, 0.15) is 12.1 Å². The van der Waals surface area contributed by atoms with Gasteiger partial charge in [0.05, 0.1) is 12.0 Å². The van der Waals surface area contributed by atoms with Crippen molar-refractivity contribution in [2.45, 2.75) is 37.8 Å². The number of aromatic nitrogens is 2. The van der Waals surface area contributed by atoms with Crippen LogP contribution in [0.4, 0.5) is 0 Å². The van der Waals surface area contributed by atoms with Crippen molar-refractivity contribution < 1.29 is 19.8 Å². The minimum absolute atomic E-state index is 0.263. The Hall–Kier alpha value is -1.97. The molecule has 0 bridgehead atoms. The summed E-state index contributed by atoms with van der Waals surface area (Å²) >= 11 is 0. The summed E-state index contributed by atoms with van der Waals surface area (Å²) in [6.07, 6.45) is 5.54. The number of nitrogens with zero attached hydrogens (tertiary/aromatic N) is 1. The van der Waals surface area contributed by atoms with Gasteiger partial charge in [-0.15, -0.1) is 0 Å². The Morgan fingerprint density at radius 2 is 1.81 bits per heavy atom. The molecule has 9 nitrogen and oxygen atoms in total. The summed E-state index contributed by atoms with van der Waals surface area (Å²) in [4.78, 5) is 27.0. The second-order valence-corrected chi connectivity index (χ2v) is 4.44. The number of aliphatic carboxylic acids is 2. The van der Waals surface area contributed by atoms with E-state index < -0.39 is 24.0 Å². The van der Waals surface area contributed by atoms with E-state index in [9.17, 15) is 9.59 Å². The highest BCUT2D eigenvalue weighted by Gasteiger charge is 2.12. The van der Waals surface area contributed by atoms with Gasteiger partial charge in [0.25, 0.3) is 0 Å². The summed E-state index contributed by atoms with van der Waals surface area (Å²) < 4.78 is 0. The number of nitrogens with two attached hydrogens (primary N) is 3. The van der Waals surface area contributed by atoms with Gasteiger partial charge < -0.3 is 32.4 Å². The SMILES string of the molecule is NC(Cc1c[nH]cn1)C(=O)O.NCCCCC(N)C(=O)O. The summed E-state index contributed by atoms with van der Waals surface area (Å²) in [5.41, 5.74) is 16.3. The number of unbranched alkanes of at least 4 members (excludes halogenated alkanes) is 1. The largest absolute Gasteiger partial charge is 0.480 e. The summed E-state index contributed by atoms with van der Waals surface area (Å²) in [5.74, 6) is -1.94. The zero-order valence-corrected chi connectivity index (χ0v) is 11.7. The van der Waals surface area contributed by atoms with Crippen LogP contribution in [0.5, 0.6) is 0 Å². The van der Waals surface area contributed by atoms with Gasteiger partial charge in [-0.3, -0.25) is 9.59 Å². The van der Waals surface area contributed by atoms with E-state index in [1.54, 1.807) is 6.20 Å². The highest BCUT2D eigenvalue weighted by molar-refractivity contribution is 5.73. The van der Waals surface area contributed by atoms with Crippen LogP contribution in [-0.4, -0.2) is 50.7 Å². The lowest BCUT2D eigenvalue weighted by Gasteiger charge is -2.03. The Kier molecular flexibility index (Phi) is 9.76.